The van der Waals surface area contributed by atoms with E-state index in [1.165, 1.54) is 11.8 Å². The second kappa shape index (κ2) is 13.2. The van der Waals surface area contributed by atoms with Crippen LogP contribution >= 0.6 is 24.0 Å². The van der Waals surface area contributed by atoms with E-state index in [0.717, 1.165) is 6.42 Å². The van der Waals surface area contributed by atoms with Crippen LogP contribution in [-0.4, -0.2) is 65.1 Å². The summed E-state index contributed by atoms with van der Waals surface area (Å²) in [6.07, 6.45) is 3.87. The van der Waals surface area contributed by atoms with Crippen molar-refractivity contribution in [3.8, 4) is 6.07 Å². The minimum Gasteiger partial charge on any atom is -0.466 e. The molecular weight excluding hydrogens is 512 g/mol. The van der Waals surface area contributed by atoms with Gasteiger partial charge in [-0.05, 0) is 58.6 Å². The van der Waals surface area contributed by atoms with Crippen LogP contribution in [0.4, 0.5) is 5.82 Å². The zero-order valence-electron chi connectivity index (χ0n) is 21.9. The fourth-order valence-electron chi connectivity index (χ4n) is 4.69. The lowest BCUT2D eigenvalue weighted by molar-refractivity contribution is -0.148. The molecule has 1 amide bonds. The Labute approximate surface area is 227 Å². The molecule has 0 N–H and O–H groups in total. The second-order valence-electron chi connectivity index (χ2n) is 8.82. The number of carbonyl (C=O) groups is 2. The van der Waals surface area contributed by atoms with E-state index in [1.54, 1.807) is 29.4 Å². The summed E-state index contributed by atoms with van der Waals surface area (Å²) in [6, 6.07) is 2.05. The van der Waals surface area contributed by atoms with Crippen molar-refractivity contribution in [3.63, 3.8) is 0 Å². The minimum absolute atomic E-state index is 0.0444. The molecule has 0 bridgehead atoms. The SMILES string of the molecule is CCOCCCN1C(=O)/C(=C\c2c(C)c(C#N)c(=O)n(CC)c2N2CCCC(C(=O)OCC)C2)SC1=S. The Morgan fingerprint density at radius 3 is 2.68 bits per heavy atom. The number of thiocarbonyl (C=S) groups is 1. The maximum Gasteiger partial charge on any atom is 0.310 e. The third kappa shape index (κ3) is 6.25. The smallest absolute Gasteiger partial charge is 0.310 e. The highest BCUT2D eigenvalue weighted by atomic mass is 32.2. The molecule has 0 radical (unpaired) electrons. The molecule has 2 aliphatic heterocycles. The summed E-state index contributed by atoms with van der Waals surface area (Å²) in [5.74, 6) is -0.161. The summed E-state index contributed by atoms with van der Waals surface area (Å²) in [6.45, 7) is 10.6. The van der Waals surface area contributed by atoms with Crippen LogP contribution in [0.3, 0.4) is 0 Å². The van der Waals surface area contributed by atoms with Crippen LogP contribution in [0.5, 0.6) is 0 Å². The predicted molar refractivity (Wildman–Crippen MR) is 148 cm³/mol. The van der Waals surface area contributed by atoms with E-state index in [-0.39, 0.29) is 28.9 Å². The number of nitrogens with zero attached hydrogens (tertiary/aromatic N) is 4. The quantitative estimate of drug-likeness (QED) is 0.189. The molecule has 0 spiro atoms. The van der Waals surface area contributed by atoms with Gasteiger partial charge in [0.15, 0.2) is 0 Å². The summed E-state index contributed by atoms with van der Waals surface area (Å²) >= 11 is 6.70. The Bertz CT molecular complexity index is 1190. The maximum absolute atomic E-state index is 13.3. The van der Waals surface area contributed by atoms with Gasteiger partial charge in [0.25, 0.3) is 11.5 Å². The van der Waals surface area contributed by atoms with Gasteiger partial charge in [-0.3, -0.25) is 23.9 Å². The van der Waals surface area contributed by atoms with Crippen molar-refractivity contribution < 1.29 is 19.1 Å². The second-order valence-corrected chi connectivity index (χ2v) is 10.5. The number of esters is 1. The fourth-order valence-corrected chi connectivity index (χ4v) is 5.98. The molecule has 11 heteroatoms. The van der Waals surface area contributed by atoms with Crippen LogP contribution in [-0.2, 0) is 25.6 Å². The fraction of sp³-hybridized carbons (Fsp3) is 0.577. The van der Waals surface area contributed by atoms with E-state index in [1.807, 2.05) is 24.8 Å². The zero-order chi connectivity index (χ0) is 27.1. The number of thioether (sulfide) groups is 1. The lowest BCUT2D eigenvalue weighted by Gasteiger charge is -2.36. The first kappa shape index (κ1) is 28.9. The molecule has 0 saturated carbocycles. The predicted octanol–water partition coefficient (Wildman–Crippen LogP) is 3.46. The van der Waals surface area contributed by atoms with Gasteiger partial charge < -0.3 is 14.4 Å². The molecular formula is C26H34N4O5S2. The maximum atomic E-state index is 13.3. The van der Waals surface area contributed by atoms with E-state index in [0.29, 0.717) is 85.0 Å². The summed E-state index contributed by atoms with van der Waals surface area (Å²) in [7, 11) is 0. The summed E-state index contributed by atoms with van der Waals surface area (Å²) in [4.78, 5) is 43.1. The van der Waals surface area contributed by atoms with Crippen LogP contribution in [0.15, 0.2) is 9.70 Å². The monoisotopic (exact) mass is 546 g/mol. The Hall–Kier alpha value is -2.68. The number of amides is 1. The molecule has 9 nitrogen and oxygen atoms in total. The van der Waals surface area contributed by atoms with Crippen molar-refractivity contribution in [1.29, 1.82) is 5.26 Å². The Kier molecular flexibility index (Phi) is 10.3. The summed E-state index contributed by atoms with van der Waals surface area (Å²) in [5, 5.41) is 9.78. The van der Waals surface area contributed by atoms with Crippen molar-refractivity contribution in [3.05, 3.63) is 31.9 Å². The molecule has 3 heterocycles. The van der Waals surface area contributed by atoms with Gasteiger partial charge in [-0.15, -0.1) is 0 Å². The number of pyridine rings is 1. The van der Waals surface area contributed by atoms with Crippen molar-refractivity contribution in [1.82, 2.24) is 9.47 Å². The van der Waals surface area contributed by atoms with Crippen molar-refractivity contribution in [2.75, 3.05) is 44.4 Å². The number of hydrogen-bond donors (Lipinski definition) is 0. The molecule has 1 unspecified atom stereocenters. The Morgan fingerprint density at radius 2 is 2.03 bits per heavy atom. The largest absolute Gasteiger partial charge is 0.466 e. The van der Waals surface area contributed by atoms with Crippen molar-refractivity contribution in [2.45, 2.75) is 53.5 Å². The Morgan fingerprint density at radius 1 is 1.27 bits per heavy atom. The first-order valence-corrected chi connectivity index (χ1v) is 13.9. The number of carbonyl (C=O) groups excluding carboxylic acids is 2. The zero-order valence-corrected chi connectivity index (χ0v) is 23.5. The molecule has 1 atom stereocenters. The summed E-state index contributed by atoms with van der Waals surface area (Å²) < 4.78 is 12.7. The van der Waals surface area contributed by atoms with Gasteiger partial charge in [0.1, 0.15) is 21.8 Å². The van der Waals surface area contributed by atoms with Crippen LogP contribution in [0.1, 0.15) is 56.7 Å². The molecule has 2 aliphatic rings. The average molecular weight is 547 g/mol. The molecule has 2 saturated heterocycles. The van der Waals surface area contributed by atoms with Crippen LogP contribution in [0, 0.1) is 24.2 Å². The number of rotatable bonds is 10. The van der Waals surface area contributed by atoms with E-state index in [4.69, 9.17) is 21.7 Å². The van der Waals surface area contributed by atoms with Crippen LogP contribution in [0.2, 0.25) is 0 Å². The number of aromatic nitrogens is 1. The highest BCUT2D eigenvalue weighted by molar-refractivity contribution is 8.26. The number of hydrogen-bond acceptors (Lipinski definition) is 9. The molecule has 0 aliphatic carbocycles. The molecule has 0 aromatic carbocycles. The third-order valence-corrected chi connectivity index (χ3v) is 7.90. The first-order chi connectivity index (χ1) is 17.8. The van der Waals surface area contributed by atoms with Crippen LogP contribution < -0.4 is 10.5 Å². The third-order valence-electron chi connectivity index (χ3n) is 6.53. The number of anilines is 1. The standard InChI is InChI=1S/C26H34N4O5S2/c1-5-29-22(28-11-8-10-18(16-28)25(33)35-7-3)19(17(4)20(15-27)23(29)31)14-21-24(32)30(26(36)37-21)12-9-13-34-6-2/h14,18H,5-13,16H2,1-4H3/b21-14+. The molecule has 2 fully saturated rings. The van der Waals surface area contributed by atoms with E-state index in [9.17, 15) is 19.6 Å². The van der Waals surface area contributed by atoms with Gasteiger partial charge >= 0.3 is 5.97 Å². The van der Waals surface area contributed by atoms with Gasteiger partial charge in [0.05, 0.1) is 17.4 Å². The van der Waals surface area contributed by atoms with Gasteiger partial charge in [-0.25, -0.2) is 0 Å². The first-order valence-electron chi connectivity index (χ1n) is 12.7. The average Bonchev–Trinajstić information content (AvgIpc) is 3.15. The van der Waals surface area contributed by atoms with Gasteiger partial charge in [0.2, 0.25) is 0 Å². The highest BCUT2D eigenvalue weighted by Gasteiger charge is 2.34. The van der Waals surface area contributed by atoms with E-state index in [2.05, 4.69) is 0 Å². The normalized spacial score (nSPS) is 19.0. The molecule has 1 aromatic heterocycles. The highest BCUT2D eigenvalue weighted by Crippen LogP contribution is 2.37. The van der Waals surface area contributed by atoms with Crippen molar-refractivity contribution in [2.24, 2.45) is 5.92 Å². The molecule has 3 rings (SSSR count). The van der Waals surface area contributed by atoms with Crippen LogP contribution in [0.25, 0.3) is 6.08 Å². The van der Waals surface area contributed by atoms with Gasteiger partial charge in [0, 0.05) is 45.0 Å². The van der Waals surface area contributed by atoms with Gasteiger partial charge in [-0.1, -0.05) is 24.0 Å². The molecule has 37 heavy (non-hydrogen) atoms. The number of nitriles is 1. The minimum atomic E-state index is -0.378. The Balaban J connectivity index is 2.07. The molecule has 1 aromatic rings. The van der Waals surface area contributed by atoms with E-state index >= 15 is 0 Å². The lowest BCUT2D eigenvalue weighted by atomic mass is 9.96. The number of piperidine rings is 1. The topological polar surface area (TPSA) is 105 Å². The lowest BCUT2D eigenvalue weighted by Crippen LogP contribution is -2.43. The van der Waals surface area contributed by atoms with Gasteiger partial charge in [-0.2, -0.15) is 5.26 Å². The van der Waals surface area contributed by atoms with E-state index < -0.39 is 0 Å². The number of ether oxygens (including phenoxy) is 2. The molecule has 200 valence electrons. The van der Waals surface area contributed by atoms with Crippen molar-refractivity contribution >= 4 is 52.1 Å². The summed E-state index contributed by atoms with van der Waals surface area (Å²) in [5.41, 5.74) is 0.795.